The van der Waals surface area contributed by atoms with Crippen LogP contribution >= 0.6 is 0 Å². The van der Waals surface area contributed by atoms with Gasteiger partial charge in [-0.15, -0.1) is 0 Å². The van der Waals surface area contributed by atoms with Gasteiger partial charge in [-0.1, -0.05) is 30.3 Å². The van der Waals surface area contributed by atoms with Gasteiger partial charge in [0.05, 0.1) is 4.90 Å². The Hall–Kier alpha value is -3.03. The van der Waals surface area contributed by atoms with E-state index >= 15 is 0 Å². The number of piperidine rings is 1. The highest BCUT2D eigenvalue weighted by Gasteiger charge is 2.31. The van der Waals surface area contributed by atoms with E-state index in [1.54, 1.807) is 28.6 Å². The van der Waals surface area contributed by atoms with Crippen molar-refractivity contribution < 1.29 is 13.2 Å². The van der Waals surface area contributed by atoms with Gasteiger partial charge >= 0.3 is 0 Å². The molecule has 2 aromatic carbocycles. The molecule has 0 aliphatic carbocycles. The summed E-state index contributed by atoms with van der Waals surface area (Å²) in [5.41, 5.74) is 4.66. The van der Waals surface area contributed by atoms with Gasteiger partial charge in [0.1, 0.15) is 0 Å². The van der Waals surface area contributed by atoms with E-state index in [9.17, 15) is 13.2 Å². The average Bonchev–Trinajstić information content (AvgIpc) is 2.79. The van der Waals surface area contributed by atoms with Crippen LogP contribution in [0.5, 0.6) is 0 Å². The number of hydrogen-bond acceptors (Lipinski definition) is 4. The number of aromatic nitrogens is 1. The Labute approximate surface area is 189 Å². The first-order valence-electron chi connectivity index (χ1n) is 10.7. The van der Waals surface area contributed by atoms with Crippen LogP contribution in [0.1, 0.15) is 37.1 Å². The maximum Gasteiger partial charge on any atom is 0.243 e. The summed E-state index contributed by atoms with van der Waals surface area (Å²) in [6.07, 6.45) is 1.68. The summed E-state index contributed by atoms with van der Waals surface area (Å²) < 4.78 is 28.1. The molecule has 1 atom stereocenters. The van der Waals surface area contributed by atoms with Gasteiger partial charge in [-0.25, -0.2) is 8.42 Å². The van der Waals surface area contributed by atoms with Crippen LogP contribution in [0.2, 0.25) is 0 Å². The molecular weight excluding hydrogens is 422 g/mol. The summed E-state index contributed by atoms with van der Waals surface area (Å²) >= 11 is 0. The van der Waals surface area contributed by atoms with Crippen LogP contribution in [-0.4, -0.2) is 36.7 Å². The van der Waals surface area contributed by atoms with Crippen molar-refractivity contribution in [3.63, 3.8) is 0 Å². The molecule has 1 amide bonds. The highest BCUT2D eigenvalue weighted by atomic mass is 32.2. The standard InChI is InChI=1S/C25H27N3O3S/c1-18-15-22(20-7-4-3-5-8-20)16-25(26-18)21-9-6-14-28(17-21)32(30,31)24-12-10-23(11-13-24)27-19(2)29/h3-5,7-8,10-13,15-16,21H,6,9,14,17H2,1-2H3,(H,27,29)/t21-/m0/s1. The molecule has 1 saturated heterocycles. The van der Waals surface area contributed by atoms with Gasteiger partial charge in [-0.2, -0.15) is 4.31 Å². The van der Waals surface area contributed by atoms with E-state index in [-0.39, 0.29) is 16.7 Å². The fraction of sp³-hybridized carbons (Fsp3) is 0.280. The molecule has 0 unspecified atom stereocenters. The Morgan fingerprint density at radius 1 is 1.03 bits per heavy atom. The molecule has 0 bridgehead atoms. The normalized spacial score (nSPS) is 17.1. The lowest BCUT2D eigenvalue weighted by atomic mass is 9.93. The molecule has 0 radical (unpaired) electrons. The molecule has 1 fully saturated rings. The minimum absolute atomic E-state index is 0.0412. The van der Waals surface area contributed by atoms with Crippen molar-refractivity contribution in [1.29, 1.82) is 0 Å². The number of benzene rings is 2. The lowest BCUT2D eigenvalue weighted by molar-refractivity contribution is -0.114. The Bertz CT molecular complexity index is 1210. The second kappa shape index (κ2) is 9.22. The summed E-state index contributed by atoms with van der Waals surface area (Å²) in [5, 5.41) is 2.66. The van der Waals surface area contributed by atoms with Gasteiger partial charge in [0.15, 0.2) is 0 Å². The van der Waals surface area contributed by atoms with E-state index in [2.05, 4.69) is 29.6 Å². The van der Waals surface area contributed by atoms with E-state index in [1.807, 2.05) is 25.1 Å². The van der Waals surface area contributed by atoms with Crippen LogP contribution in [0.25, 0.3) is 11.1 Å². The van der Waals surface area contributed by atoms with Crippen molar-refractivity contribution in [2.24, 2.45) is 0 Å². The van der Waals surface area contributed by atoms with Gasteiger partial charge in [-0.3, -0.25) is 9.78 Å². The number of amides is 1. The second-order valence-corrected chi connectivity index (χ2v) is 10.1. The van der Waals surface area contributed by atoms with Crippen molar-refractivity contribution >= 4 is 21.6 Å². The van der Waals surface area contributed by atoms with Crippen molar-refractivity contribution in [3.8, 4) is 11.1 Å². The number of carbonyl (C=O) groups is 1. The fourth-order valence-electron chi connectivity index (χ4n) is 4.17. The van der Waals surface area contributed by atoms with Crippen molar-refractivity contribution in [2.45, 2.75) is 37.5 Å². The second-order valence-electron chi connectivity index (χ2n) is 8.20. The Balaban J connectivity index is 1.57. The molecule has 1 aromatic heterocycles. The van der Waals surface area contributed by atoms with Gasteiger partial charge < -0.3 is 5.32 Å². The molecule has 1 aliphatic heterocycles. The molecule has 0 saturated carbocycles. The number of nitrogens with one attached hydrogen (secondary N) is 1. The molecule has 2 heterocycles. The number of anilines is 1. The van der Waals surface area contributed by atoms with E-state index in [0.717, 1.165) is 35.4 Å². The van der Waals surface area contributed by atoms with Gasteiger partial charge in [0.2, 0.25) is 15.9 Å². The van der Waals surface area contributed by atoms with Crippen molar-refractivity contribution in [1.82, 2.24) is 9.29 Å². The zero-order valence-corrected chi connectivity index (χ0v) is 19.1. The molecule has 166 valence electrons. The van der Waals surface area contributed by atoms with Crippen LogP contribution in [0.3, 0.4) is 0 Å². The highest BCUT2D eigenvalue weighted by Crippen LogP contribution is 2.32. The summed E-state index contributed by atoms with van der Waals surface area (Å²) in [4.78, 5) is 16.2. The molecule has 6 nitrogen and oxygen atoms in total. The third-order valence-electron chi connectivity index (χ3n) is 5.70. The number of carbonyl (C=O) groups excluding carboxylic acids is 1. The molecule has 3 aromatic rings. The van der Waals surface area contributed by atoms with Gasteiger partial charge in [0, 0.05) is 43.0 Å². The topological polar surface area (TPSA) is 79.4 Å². The minimum Gasteiger partial charge on any atom is -0.326 e. The zero-order valence-electron chi connectivity index (χ0n) is 18.3. The monoisotopic (exact) mass is 449 g/mol. The smallest absolute Gasteiger partial charge is 0.243 e. The van der Waals surface area contributed by atoms with Crippen LogP contribution in [0, 0.1) is 6.92 Å². The zero-order chi connectivity index (χ0) is 22.7. The maximum atomic E-state index is 13.3. The number of rotatable bonds is 5. The lowest BCUT2D eigenvalue weighted by Gasteiger charge is -2.32. The molecular formula is C25H27N3O3S. The average molecular weight is 450 g/mol. The number of aryl methyl sites for hydroxylation is 1. The van der Waals surface area contributed by atoms with Crippen LogP contribution in [-0.2, 0) is 14.8 Å². The van der Waals surface area contributed by atoms with Crippen molar-refractivity contribution in [2.75, 3.05) is 18.4 Å². The largest absolute Gasteiger partial charge is 0.326 e. The predicted molar refractivity (Wildman–Crippen MR) is 126 cm³/mol. The van der Waals surface area contributed by atoms with E-state index in [1.165, 1.54) is 6.92 Å². The molecule has 1 N–H and O–H groups in total. The Kier molecular flexibility index (Phi) is 6.39. The maximum absolute atomic E-state index is 13.3. The van der Waals surface area contributed by atoms with Crippen LogP contribution < -0.4 is 5.32 Å². The molecule has 32 heavy (non-hydrogen) atoms. The van der Waals surface area contributed by atoms with Crippen molar-refractivity contribution in [3.05, 3.63) is 78.1 Å². The third kappa shape index (κ3) is 4.89. The molecule has 7 heteroatoms. The van der Waals surface area contributed by atoms with Gasteiger partial charge in [-0.05, 0) is 67.3 Å². The quantitative estimate of drug-likeness (QED) is 0.618. The van der Waals surface area contributed by atoms with E-state index < -0.39 is 10.0 Å². The summed E-state index contributed by atoms with van der Waals surface area (Å²) in [6, 6.07) is 20.6. The first-order chi connectivity index (χ1) is 15.3. The van der Waals surface area contributed by atoms with E-state index in [4.69, 9.17) is 4.98 Å². The van der Waals surface area contributed by atoms with Gasteiger partial charge in [0.25, 0.3) is 0 Å². The minimum atomic E-state index is -3.63. The number of pyridine rings is 1. The van der Waals surface area contributed by atoms with E-state index in [0.29, 0.717) is 18.8 Å². The SMILES string of the molecule is CC(=O)Nc1ccc(S(=O)(=O)N2CCC[C@H](c3cc(-c4ccccc4)cc(C)n3)C2)cc1. The summed E-state index contributed by atoms with van der Waals surface area (Å²) in [5.74, 6) is -0.153. The summed E-state index contributed by atoms with van der Waals surface area (Å²) in [7, 11) is -3.63. The number of hydrogen-bond donors (Lipinski definition) is 1. The molecule has 4 rings (SSSR count). The van der Waals surface area contributed by atoms with Crippen LogP contribution in [0.4, 0.5) is 5.69 Å². The third-order valence-corrected chi connectivity index (χ3v) is 7.57. The Morgan fingerprint density at radius 3 is 2.44 bits per heavy atom. The first-order valence-corrected chi connectivity index (χ1v) is 12.2. The Morgan fingerprint density at radius 2 is 1.75 bits per heavy atom. The summed E-state index contributed by atoms with van der Waals surface area (Å²) in [6.45, 7) is 4.29. The first kappa shape index (κ1) is 22.2. The predicted octanol–water partition coefficient (Wildman–Crippen LogP) is 4.58. The molecule has 0 spiro atoms. The lowest BCUT2D eigenvalue weighted by Crippen LogP contribution is -2.39. The molecule has 1 aliphatic rings. The fourth-order valence-corrected chi connectivity index (χ4v) is 5.69. The number of nitrogens with zero attached hydrogens (tertiary/aromatic N) is 2. The van der Waals surface area contributed by atoms with Crippen LogP contribution in [0.15, 0.2) is 71.6 Å². The highest BCUT2D eigenvalue weighted by molar-refractivity contribution is 7.89. The number of sulfonamides is 1.